The molecule has 0 saturated carbocycles. The van der Waals surface area contributed by atoms with E-state index in [2.05, 4.69) is 20.4 Å². The summed E-state index contributed by atoms with van der Waals surface area (Å²) in [5, 5.41) is 16.2. The average Bonchev–Trinajstić information content (AvgIpc) is 3.16. The van der Waals surface area contributed by atoms with Gasteiger partial charge in [0, 0.05) is 59.7 Å². The first-order valence-electron chi connectivity index (χ1n) is 11.5. The number of nitrogens with zero attached hydrogens (tertiary/aromatic N) is 5. The summed E-state index contributed by atoms with van der Waals surface area (Å²) >= 11 is 0. The maximum Gasteiger partial charge on any atom is 0.290 e. The highest BCUT2D eigenvalue weighted by molar-refractivity contribution is 5.90. The number of anilines is 3. The molecule has 0 aliphatic carbocycles. The number of likely N-dealkylation sites (N-methyl/N-ethyl adjacent to an activating group) is 1. The number of rotatable bonds is 3. The van der Waals surface area contributed by atoms with Crippen molar-refractivity contribution in [2.24, 2.45) is 0 Å². The third-order valence-corrected chi connectivity index (χ3v) is 6.65. The lowest BCUT2D eigenvalue weighted by Crippen LogP contribution is -2.45. The number of amides is 1. The van der Waals surface area contributed by atoms with Gasteiger partial charge in [-0.1, -0.05) is 0 Å². The number of carbonyl (C=O) groups is 2. The van der Waals surface area contributed by atoms with Crippen molar-refractivity contribution in [3.05, 3.63) is 59.9 Å². The Hall–Kier alpha value is -4.54. The van der Waals surface area contributed by atoms with Crippen LogP contribution < -0.4 is 11.1 Å². The first kappa shape index (κ1) is 25.5. The van der Waals surface area contributed by atoms with Crippen molar-refractivity contribution in [2.75, 3.05) is 18.1 Å². The molecule has 1 aliphatic rings. The van der Waals surface area contributed by atoms with Gasteiger partial charge in [-0.25, -0.2) is 9.37 Å². The van der Waals surface area contributed by atoms with E-state index < -0.39 is 0 Å². The van der Waals surface area contributed by atoms with Crippen LogP contribution in [0.5, 0.6) is 0 Å². The van der Waals surface area contributed by atoms with Gasteiger partial charge in [0.05, 0.1) is 11.9 Å². The molecule has 37 heavy (non-hydrogen) atoms. The Balaban J connectivity index is 0.00000102. The van der Waals surface area contributed by atoms with Crippen molar-refractivity contribution < 1.29 is 19.1 Å². The van der Waals surface area contributed by atoms with Crippen molar-refractivity contribution in [3.8, 4) is 11.1 Å². The minimum atomic E-state index is -0.361. The molecule has 0 saturated heterocycles. The lowest BCUT2D eigenvalue weighted by Gasteiger charge is -2.33. The Kier molecular flexibility index (Phi) is 6.80. The van der Waals surface area contributed by atoms with Crippen LogP contribution in [-0.4, -0.2) is 54.7 Å². The third kappa shape index (κ3) is 5.06. The number of nitrogen functional groups attached to an aromatic ring is 1. The van der Waals surface area contributed by atoms with Crippen LogP contribution >= 0.6 is 0 Å². The van der Waals surface area contributed by atoms with Crippen LogP contribution in [0.1, 0.15) is 25.1 Å². The molecule has 11 heteroatoms. The molecule has 0 bridgehead atoms. The number of carbonyl (C=O) groups excluding carboxylic acids is 1. The maximum absolute atomic E-state index is 14.9. The zero-order valence-corrected chi connectivity index (χ0v) is 21.0. The highest BCUT2D eigenvalue weighted by atomic mass is 19.1. The molecule has 0 radical (unpaired) electrons. The lowest BCUT2D eigenvalue weighted by atomic mass is 9.97. The van der Waals surface area contributed by atoms with Crippen LogP contribution in [0.4, 0.5) is 21.7 Å². The normalized spacial score (nSPS) is 14.4. The van der Waals surface area contributed by atoms with E-state index in [4.69, 9.17) is 15.6 Å². The van der Waals surface area contributed by atoms with Gasteiger partial charge in [-0.15, -0.1) is 0 Å². The predicted molar refractivity (Wildman–Crippen MR) is 139 cm³/mol. The fourth-order valence-corrected chi connectivity index (χ4v) is 4.31. The Morgan fingerprint density at radius 2 is 1.84 bits per heavy atom. The Morgan fingerprint density at radius 1 is 1.11 bits per heavy atom. The van der Waals surface area contributed by atoms with Gasteiger partial charge in [-0.2, -0.15) is 5.10 Å². The first-order valence-corrected chi connectivity index (χ1v) is 11.5. The van der Waals surface area contributed by atoms with E-state index in [0.29, 0.717) is 40.3 Å². The average molecular weight is 506 g/mol. The van der Waals surface area contributed by atoms with E-state index >= 15 is 0 Å². The number of halogens is 1. The topological polar surface area (TPSA) is 139 Å². The second-order valence-corrected chi connectivity index (χ2v) is 9.50. The Morgan fingerprint density at radius 3 is 2.57 bits per heavy atom. The molecular formula is C26H28FN7O3. The monoisotopic (exact) mass is 505 g/mol. The summed E-state index contributed by atoms with van der Waals surface area (Å²) in [5.41, 5.74) is 9.02. The zero-order chi connectivity index (χ0) is 26.9. The summed E-state index contributed by atoms with van der Waals surface area (Å²) in [5.74, 6) is 0.834. The fourth-order valence-electron chi connectivity index (χ4n) is 4.31. The number of nitrogens with one attached hydrogen (secondary N) is 1. The molecule has 0 unspecified atom stereocenters. The maximum atomic E-state index is 14.9. The van der Waals surface area contributed by atoms with Crippen molar-refractivity contribution >= 4 is 40.5 Å². The van der Waals surface area contributed by atoms with E-state index in [1.165, 1.54) is 6.07 Å². The second kappa shape index (κ2) is 9.84. The Bertz CT molecular complexity index is 1500. The minimum absolute atomic E-state index is 0.0168. The highest BCUT2D eigenvalue weighted by Gasteiger charge is 2.33. The first-order chi connectivity index (χ1) is 17.5. The van der Waals surface area contributed by atoms with Gasteiger partial charge in [-0.3, -0.25) is 19.3 Å². The number of hydrogen-bond donors (Lipinski definition) is 3. The summed E-state index contributed by atoms with van der Waals surface area (Å²) in [6.07, 6.45) is 5.49. The van der Waals surface area contributed by atoms with Gasteiger partial charge >= 0.3 is 0 Å². The number of carboxylic acid groups (broad SMARTS) is 1. The molecule has 0 fully saturated rings. The molecule has 10 nitrogen and oxygen atoms in total. The summed E-state index contributed by atoms with van der Waals surface area (Å²) in [6, 6.07) is 7.03. The van der Waals surface area contributed by atoms with Gasteiger partial charge in [0.15, 0.2) is 5.82 Å². The highest BCUT2D eigenvalue weighted by Crippen LogP contribution is 2.32. The number of aromatic nitrogens is 4. The lowest BCUT2D eigenvalue weighted by molar-refractivity contribution is -0.134. The van der Waals surface area contributed by atoms with E-state index in [9.17, 15) is 9.18 Å². The minimum Gasteiger partial charge on any atom is -0.483 e. The number of pyridine rings is 2. The molecule has 0 atom stereocenters. The molecule has 4 aromatic rings. The van der Waals surface area contributed by atoms with E-state index in [1.807, 2.05) is 40.0 Å². The second-order valence-electron chi connectivity index (χ2n) is 9.50. The summed E-state index contributed by atoms with van der Waals surface area (Å²) in [6.45, 7) is 5.88. The molecule has 3 aromatic heterocycles. The Labute approximate surface area is 212 Å². The number of fused-ring (bicyclic) bond motifs is 2. The van der Waals surface area contributed by atoms with Gasteiger partial charge in [-0.05, 0) is 49.9 Å². The van der Waals surface area contributed by atoms with Crippen LogP contribution in [-0.2, 0) is 22.6 Å². The number of nitrogens with two attached hydrogens (primary N) is 1. The van der Waals surface area contributed by atoms with E-state index in [0.717, 1.165) is 16.6 Å². The molecule has 4 N–H and O–H groups in total. The number of hydrogen-bond acceptors (Lipinski definition) is 7. The predicted octanol–water partition coefficient (Wildman–Crippen LogP) is 3.76. The largest absolute Gasteiger partial charge is 0.483 e. The van der Waals surface area contributed by atoms with Gasteiger partial charge < -0.3 is 21.1 Å². The SMILES string of the molecule is Cc1c(N)cncc1-c1cc2cc(Nc3cc4n(n3)CC(=O)N(C)C(C)(C)C4)ncc2cc1F.O=CO. The molecule has 5 rings (SSSR count). The van der Waals surface area contributed by atoms with Gasteiger partial charge in [0.1, 0.15) is 18.2 Å². The summed E-state index contributed by atoms with van der Waals surface area (Å²) in [4.78, 5) is 31.2. The van der Waals surface area contributed by atoms with Crippen molar-refractivity contribution in [2.45, 2.75) is 39.3 Å². The van der Waals surface area contributed by atoms with Crippen molar-refractivity contribution in [1.29, 1.82) is 0 Å². The van der Waals surface area contributed by atoms with Crippen molar-refractivity contribution in [1.82, 2.24) is 24.6 Å². The van der Waals surface area contributed by atoms with E-state index in [-0.39, 0.29) is 30.3 Å². The zero-order valence-electron chi connectivity index (χ0n) is 21.0. The smallest absolute Gasteiger partial charge is 0.290 e. The molecular weight excluding hydrogens is 477 g/mol. The molecule has 1 aliphatic heterocycles. The van der Waals surface area contributed by atoms with Crippen LogP contribution in [0.15, 0.2) is 42.9 Å². The van der Waals surface area contributed by atoms with E-state index in [1.54, 1.807) is 34.2 Å². The van der Waals surface area contributed by atoms with Crippen molar-refractivity contribution in [3.63, 3.8) is 0 Å². The molecule has 1 aromatic carbocycles. The van der Waals surface area contributed by atoms with Crippen LogP contribution in [0.3, 0.4) is 0 Å². The van der Waals surface area contributed by atoms with Crippen LogP contribution in [0.25, 0.3) is 21.9 Å². The molecule has 192 valence electrons. The number of benzene rings is 1. The summed E-state index contributed by atoms with van der Waals surface area (Å²) < 4.78 is 16.6. The molecule has 4 heterocycles. The molecule has 0 spiro atoms. The van der Waals surface area contributed by atoms with Gasteiger partial charge in [0.2, 0.25) is 5.91 Å². The van der Waals surface area contributed by atoms with Gasteiger partial charge in [0.25, 0.3) is 6.47 Å². The molecule has 1 amide bonds. The van der Waals surface area contributed by atoms with Crippen LogP contribution in [0, 0.1) is 12.7 Å². The standard InChI is InChI=1S/C25H26FN7O.CH2O2/c1-14-19(11-28-12-21(14)27)18-5-15-7-22(29-10-16(15)6-20(18)26)30-23-8-17-9-25(2,3)32(4)24(34)13-33(17)31-23;2-1-3/h5-8,10-12H,9,13,27H2,1-4H3,(H,29,30,31);1H,(H,2,3). The summed E-state index contributed by atoms with van der Waals surface area (Å²) in [7, 11) is 1.82. The third-order valence-electron chi connectivity index (χ3n) is 6.65. The quantitative estimate of drug-likeness (QED) is 0.358. The fraction of sp³-hybridized carbons (Fsp3) is 0.269. The van der Waals surface area contributed by atoms with Crippen LogP contribution in [0.2, 0.25) is 0 Å².